The van der Waals surface area contributed by atoms with Gasteiger partial charge in [-0.25, -0.2) is 0 Å². The molecule has 0 N–H and O–H groups in total. The highest BCUT2D eigenvalue weighted by Crippen LogP contribution is 2.40. The molecule has 1 aliphatic carbocycles. The van der Waals surface area contributed by atoms with Crippen LogP contribution in [-0.4, -0.2) is 57.3 Å². The van der Waals surface area contributed by atoms with Gasteiger partial charge in [-0.15, -0.1) is 0 Å². The highest BCUT2D eigenvalue weighted by Gasteiger charge is 2.56. The van der Waals surface area contributed by atoms with E-state index in [1.165, 1.54) is 11.1 Å². The summed E-state index contributed by atoms with van der Waals surface area (Å²) in [7, 11) is -6.40. The van der Waals surface area contributed by atoms with Gasteiger partial charge in [-0.05, 0) is 67.4 Å². The van der Waals surface area contributed by atoms with Crippen molar-refractivity contribution in [3.05, 3.63) is 33.7 Å². The Morgan fingerprint density at radius 1 is 0.690 bits per heavy atom. The van der Waals surface area contributed by atoms with E-state index in [-0.39, 0.29) is 0 Å². The molecular formula is C21H40O6Si2. The highest BCUT2D eigenvalue weighted by molar-refractivity contribution is 6.77. The van der Waals surface area contributed by atoms with Gasteiger partial charge in [-0.1, -0.05) is 17.7 Å². The molecule has 0 saturated carbocycles. The maximum Gasteiger partial charge on any atom is 0.537 e. The third-order valence-electron chi connectivity index (χ3n) is 4.42. The second-order valence-electron chi connectivity index (χ2n) is 6.58. The molecule has 0 unspecified atom stereocenters. The van der Waals surface area contributed by atoms with Crippen LogP contribution in [0.4, 0.5) is 0 Å². The lowest BCUT2D eigenvalue weighted by atomic mass is 10.0. The lowest BCUT2D eigenvalue weighted by Gasteiger charge is -2.38. The van der Waals surface area contributed by atoms with Gasteiger partial charge in [0.2, 0.25) is 0 Å². The van der Waals surface area contributed by atoms with Crippen molar-refractivity contribution in [1.29, 1.82) is 0 Å². The van der Waals surface area contributed by atoms with Crippen molar-refractivity contribution < 1.29 is 26.6 Å². The van der Waals surface area contributed by atoms with Crippen LogP contribution < -0.4 is 0 Å². The molecular weight excluding hydrogens is 404 g/mol. The van der Waals surface area contributed by atoms with Gasteiger partial charge in [-0.2, -0.15) is 0 Å². The van der Waals surface area contributed by atoms with Crippen LogP contribution in [0.3, 0.4) is 0 Å². The van der Waals surface area contributed by atoms with Crippen molar-refractivity contribution in [1.82, 2.24) is 0 Å². The Bertz CT molecular complexity index is 562. The Hall–Kier alpha value is -0.586. The van der Waals surface area contributed by atoms with Crippen molar-refractivity contribution >= 4 is 17.6 Å². The van der Waals surface area contributed by atoms with E-state index in [0.717, 1.165) is 16.8 Å². The molecule has 29 heavy (non-hydrogen) atoms. The number of allylic oxidation sites excluding steroid dienone is 6. The summed E-state index contributed by atoms with van der Waals surface area (Å²) >= 11 is 0. The van der Waals surface area contributed by atoms with E-state index in [9.17, 15) is 0 Å². The molecule has 0 aromatic rings. The van der Waals surface area contributed by atoms with E-state index in [2.05, 4.69) is 26.0 Å². The van der Waals surface area contributed by atoms with Crippen LogP contribution in [-0.2, 0) is 26.6 Å². The Morgan fingerprint density at radius 3 is 1.41 bits per heavy atom. The van der Waals surface area contributed by atoms with Gasteiger partial charge < -0.3 is 26.6 Å². The lowest BCUT2D eigenvalue weighted by Crippen LogP contribution is -2.55. The molecule has 1 aliphatic rings. The van der Waals surface area contributed by atoms with Crippen LogP contribution >= 0.6 is 0 Å². The van der Waals surface area contributed by atoms with E-state index in [1.807, 2.05) is 41.5 Å². The second-order valence-corrected chi connectivity index (χ2v) is 11.6. The smallest absolute Gasteiger partial charge is 0.370 e. The first-order chi connectivity index (χ1) is 13.9. The predicted octanol–water partition coefficient (Wildman–Crippen LogP) is 4.75. The molecule has 0 amide bonds. The largest absolute Gasteiger partial charge is 0.537 e. The molecule has 8 heteroatoms. The Morgan fingerprint density at radius 2 is 1.07 bits per heavy atom. The third-order valence-corrected chi connectivity index (χ3v) is 10.9. The third kappa shape index (κ3) is 6.21. The standard InChI is InChI=1S/C21H40O6Si2/c1-9-22-28(23-10-2,24-11-3)20-17-15-16-19(18(7)8)21(20)29(25-12-4,26-13-5)27-14-6/h15,17H,9-14,16H2,1-8H3. The zero-order valence-electron chi connectivity index (χ0n) is 19.6. The van der Waals surface area contributed by atoms with Gasteiger partial charge >= 0.3 is 17.6 Å². The van der Waals surface area contributed by atoms with Gasteiger partial charge in [0.1, 0.15) is 0 Å². The average molecular weight is 445 g/mol. The van der Waals surface area contributed by atoms with Gasteiger partial charge in [0.15, 0.2) is 0 Å². The summed E-state index contributed by atoms with van der Waals surface area (Å²) in [5.74, 6) is 0. The number of hydrogen-bond donors (Lipinski definition) is 0. The van der Waals surface area contributed by atoms with E-state index in [4.69, 9.17) is 26.6 Å². The van der Waals surface area contributed by atoms with Crippen LogP contribution in [0.1, 0.15) is 61.8 Å². The van der Waals surface area contributed by atoms with Crippen LogP contribution in [0.25, 0.3) is 0 Å². The molecule has 0 saturated heterocycles. The Balaban J connectivity index is 3.95. The van der Waals surface area contributed by atoms with Gasteiger partial charge in [0, 0.05) is 50.0 Å². The lowest BCUT2D eigenvalue weighted by molar-refractivity contribution is 0.0745. The van der Waals surface area contributed by atoms with Gasteiger partial charge in [0.05, 0.1) is 0 Å². The molecule has 0 aromatic heterocycles. The van der Waals surface area contributed by atoms with Crippen LogP contribution in [0.5, 0.6) is 0 Å². The second kappa shape index (κ2) is 13.0. The van der Waals surface area contributed by atoms with Crippen molar-refractivity contribution in [3.63, 3.8) is 0 Å². The summed E-state index contributed by atoms with van der Waals surface area (Å²) in [4.78, 5) is 0. The fourth-order valence-electron chi connectivity index (χ4n) is 3.54. The molecule has 0 spiro atoms. The minimum Gasteiger partial charge on any atom is -0.370 e. The molecule has 168 valence electrons. The number of hydrogen-bond acceptors (Lipinski definition) is 6. The minimum absolute atomic E-state index is 0.494. The van der Waals surface area contributed by atoms with Crippen molar-refractivity contribution in [3.8, 4) is 0 Å². The molecule has 1 rings (SSSR count). The fraction of sp³-hybridized carbons (Fsp3) is 0.714. The van der Waals surface area contributed by atoms with Crippen LogP contribution in [0.15, 0.2) is 33.7 Å². The van der Waals surface area contributed by atoms with Crippen LogP contribution in [0, 0.1) is 0 Å². The quantitative estimate of drug-likeness (QED) is 0.360. The first-order valence-corrected chi connectivity index (χ1v) is 14.3. The summed E-state index contributed by atoms with van der Waals surface area (Å²) in [5, 5.41) is 1.88. The first kappa shape index (κ1) is 26.4. The maximum atomic E-state index is 6.31. The number of rotatable bonds is 14. The molecule has 0 fully saturated rings. The molecule has 6 nitrogen and oxygen atoms in total. The first-order valence-electron chi connectivity index (χ1n) is 10.8. The summed E-state index contributed by atoms with van der Waals surface area (Å²) in [6.07, 6.45) is 5.01. The normalized spacial score (nSPS) is 15.4. The van der Waals surface area contributed by atoms with E-state index in [1.54, 1.807) is 0 Å². The molecule has 0 heterocycles. The van der Waals surface area contributed by atoms with E-state index in [0.29, 0.717) is 39.6 Å². The zero-order valence-corrected chi connectivity index (χ0v) is 21.6. The van der Waals surface area contributed by atoms with Crippen molar-refractivity contribution in [2.75, 3.05) is 39.6 Å². The SMILES string of the molecule is CCO[Si](OCC)(OCC)C1=C([Si](OCC)(OCC)OCC)C(=C(C)C)CC=C1. The van der Waals surface area contributed by atoms with Gasteiger partial charge in [-0.3, -0.25) is 0 Å². The fourth-order valence-corrected chi connectivity index (χ4v) is 10.1. The summed E-state index contributed by atoms with van der Waals surface area (Å²) < 4.78 is 37.7. The Kier molecular flexibility index (Phi) is 11.8. The average Bonchev–Trinajstić information content (AvgIpc) is 2.68. The topological polar surface area (TPSA) is 55.4 Å². The van der Waals surface area contributed by atoms with Crippen molar-refractivity contribution in [2.24, 2.45) is 0 Å². The predicted molar refractivity (Wildman–Crippen MR) is 120 cm³/mol. The molecule has 0 bridgehead atoms. The van der Waals surface area contributed by atoms with Gasteiger partial charge in [0.25, 0.3) is 0 Å². The molecule has 0 aliphatic heterocycles. The molecule has 0 radical (unpaired) electrons. The minimum atomic E-state index is -3.22. The monoisotopic (exact) mass is 444 g/mol. The highest BCUT2D eigenvalue weighted by atomic mass is 28.4. The zero-order chi connectivity index (χ0) is 21.9. The maximum absolute atomic E-state index is 6.31. The van der Waals surface area contributed by atoms with Crippen LogP contribution in [0.2, 0.25) is 0 Å². The summed E-state index contributed by atoms with van der Waals surface area (Å²) in [6.45, 7) is 19.0. The van der Waals surface area contributed by atoms with E-state index < -0.39 is 17.6 Å². The summed E-state index contributed by atoms with van der Waals surface area (Å²) in [6, 6.07) is 0. The Labute approximate surface area is 179 Å². The summed E-state index contributed by atoms with van der Waals surface area (Å²) in [5.41, 5.74) is 2.37. The van der Waals surface area contributed by atoms with E-state index >= 15 is 0 Å². The molecule has 0 aromatic carbocycles. The molecule has 0 atom stereocenters. The van der Waals surface area contributed by atoms with Crippen molar-refractivity contribution in [2.45, 2.75) is 61.8 Å².